The Balaban J connectivity index is 1.59. The van der Waals surface area contributed by atoms with Gasteiger partial charge in [0.2, 0.25) is 0 Å². The molecule has 1 heterocycles. The molecule has 1 saturated heterocycles. The molecule has 19 heavy (non-hydrogen) atoms. The highest BCUT2D eigenvalue weighted by Crippen LogP contribution is 2.18. The van der Waals surface area contributed by atoms with E-state index in [1.807, 2.05) is 0 Å². The molecule has 0 atom stereocenters. The van der Waals surface area contributed by atoms with Crippen LogP contribution in [0, 0.1) is 0 Å². The van der Waals surface area contributed by atoms with E-state index in [1.54, 1.807) is 12.1 Å². The van der Waals surface area contributed by atoms with E-state index < -0.39 is 6.43 Å². The third-order valence-corrected chi connectivity index (χ3v) is 3.59. The third-order valence-electron chi connectivity index (χ3n) is 3.59. The molecule has 0 radical (unpaired) electrons. The summed E-state index contributed by atoms with van der Waals surface area (Å²) < 4.78 is 24.8. The van der Waals surface area contributed by atoms with Crippen LogP contribution < -0.4 is 5.32 Å². The van der Waals surface area contributed by atoms with E-state index in [0.29, 0.717) is 0 Å². The van der Waals surface area contributed by atoms with Crippen LogP contribution in [0.4, 0.5) is 8.78 Å². The summed E-state index contributed by atoms with van der Waals surface area (Å²) in [5, 5.41) is 3.36. The number of hydrogen-bond acceptors (Lipinski definition) is 2. The first-order valence-electron chi connectivity index (χ1n) is 7.06. The van der Waals surface area contributed by atoms with Gasteiger partial charge >= 0.3 is 0 Å². The Morgan fingerprint density at radius 1 is 1.11 bits per heavy atom. The van der Waals surface area contributed by atoms with Crippen molar-refractivity contribution in [2.75, 3.05) is 26.2 Å². The Morgan fingerprint density at radius 2 is 1.79 bits per heavy atom. The maximum absolute atomic E-state index is 12.4. The molecule has 0 aliphatic carbocycles. The van der Waals surface area contributed by atoms with Crippen LogP contribution in [0.25, 0.3) is 0 Å². The van der Waals surface area contributed by atoms with Crippen molar-refractivity contribution in [3.05, 3.63) is 35.4 Å². The summed E-state index contributed by atoms with van der Waals surface area (Å²) in [7, 11) is 0. The molecule has 4 heteroatoms. The minimum atomic E-state index is -2.37. The number of rotatable bonds is 7. The minimum absolute atomic E-state index is 0.0952. The topological polar surface area (TPSA) is 15.3 Å². The largest absolute Gasteiger partial charge is 0.313 e. The predicted molar refractivity (Wildman–Crippen MR) is 73.4 cm³/mol. The molecular formula is C15H22F2N2. The average molecular weight is 268 g/mol. The smallest absolute Gasteiger partial charge is 0.263 e. The minimum Gasteiger partial charge on any atom is -0.313 e. The summed E-state index contributed by atoms with van der Waals surface area (Å²) in [5.74, 6) is 0. The van der Waals surface area contributed by atoms with E-state index in [1.165, 1.54) is 38.1 Å². The van der Waals surface area contributed by atoms with Crippen molar-refractivity contribution in [1.29, 1.82) is 0 Å². The van der Waals surface area contributed by atoms with Gasteiger partial charge in [-0.15, -0.1) is 0 Å². The zero-order chi connectivity index (χ0) is 13.5. The molecule has 1 fully saturated rings. The van der Waals surface area contributed by atoms with Crippen LogP contribution >= 0.6 is 0 Å². The van der Waals surface area contributed by atoms with Crippen LogP contribution in [-0.2, 0) is 6.54 Å². The molecule has 1 aliphatic heterocycles. The van der Waals surface area contributed by atoms with Gasteiger partial charge in [-0.05, 0) is 51.0 Å². The first-order valence-corrected chi connectivity index (χ1v) is 7.06. The SMILES string of the molecule is FC(F)c1ccc(CNCCCN2CCCC2)cc1. The fourth-order valence-electron chi connectivity index (χ4n) is 2.45. The maximum atomic E-state index is 12.4. The lowest BCUT2D eigenvalue weighted by atomic mass is 10.1. The van der Waals surface area contributed by atoms with Gasteiger partial charge in [0.05, 0.1) is 0 Å². The van der Waals surface area contributed by atoms with Gasteiger partial charge in [0.1, 0.15) is 0 Å². The van der Waals surface area contributed by atoms with E-state index in [4.69, 9.17) is 0 Å². The second kappa shape index (κ2) is 7.56. The van der Waals surface area contributed by atoms with Crippen molar-refractivity contribution >= 4 is 0 Å². The van der Waals surface area contributed by atoms with Crippen molar-refractivity contribution < 1.29 is 8.78 Å². The highest BCUT2D eigenvalue weighted by atomic mass is 19.3. The summed E-state index contributed by atoms with van der Waals surface area (Å²) in [6.07, 6.45) is 1.45. The molecular weight excluding hydrogens is 246 g/mol. The molecule has 0 spiro atoms. The molecule has 1 aliphatic rings. The molecule has 2 rings (SSSR count). The number of nitrogens with one attached hydrogen (secondary N) is 1. The molecule has 1 aromatic carbocycles. The van der Waals surface area contributed by atoms with Crippen LogP contribution in [-0.4, -0.2) is 31.1 Å². The van der Waals surface area contributed by atoms with Crippen molar-refractivity contribution in [3.8, 4) is 0 Å². The van der Waals surface area contributed by atoms with Crippen LogP contribution in [0.2, 0.25) is 0 Å². The molecule has 0 saturated carbocycles. The Labute approximate surface area is 113 Å². The van der Waals surface area contributed by atoms with E-state index in [2.05, 4.69) is 10.2 Å². The van der Waals surface area contributed by atoms with Gasteiger partial charge in [0, 0.05) is 12.1 Å². The van der Waals surface area contributed by atoms with Gasteiger partial charge in [0.15, 0.2) is 0 Å². The van der Waals surface area contributed by atoms with E-state index >= 15 is 0 Å². The zero-order valence-electron chi connectivity index (χ0n) is 11.2. The van der Waals surface area contributed by atoms with Crippen molar-refractivity contribution in [3.63, 3.8) is 0 Å². The van der Waals surface area contributed by atoms with Gasteiger partial charge < -0.3 is 10.2 Å². The van der Waals surface area contributed by atoms with Gasteiger partial charge in [-0.2, -0.15) is 0 Å². The molecule has 106 valence electrons. The number of nitrogens with zero attached hydrogens (tertiary/aromatic N) is 1. The molecule has 0 amide bonds. The number of hydrogen-bond donors (Lipinski definition) is 1. The zero-order valence-corrected chi connectivity index (χ0v) is 11.2. The van der Waals surface area contributed by atoms with Crippen LogP contribution in [0.3, 0.4) is 0 Å². The number of likely N-dealkylation sites (tertiary alicyclic amines) is 1. The van der Waals surface area contributed by atoms with Crippen molar-refractivity contribution in [1.82, 2.24) is 10.2 Å². The van der Waals surface area contributed by atoms with Crippen LogP contribution in [0.1, 0.15) is 36.8 Å². The molecule has 0 aromatic heterocycles. The highest BCUT2D eigenvalue weighted by molar-refractivity contribution is 5.23. The van der Waals surface area contributed by atoms with Crippen molar-refractivity contribution in [2.24, 2.45) is 0 Å². The second-order valence-corrected chi connectivity index (χ2v) is 5.12. The summed E-state index contributed by atoms with van der Waals surface area (Å²) in [5.41, 5.74) is 1.16. The molecule has 1 N–H and O–H groups in total. The lowest BCUT2D eigenvalue weighted by Gasteiger charge is -2.14. The molecule has 1 aromatic rings. The number of benzene rings is 1. The van der Waals surface area contributed by atoms with E-state index in [0.717, 1.165) is 31.6 Å². The van der Waals surface area contributed by atoms with Gasteiger partial charge in [-0.1, -0.05) is 24.3 Å². The monoisotopic (exact) mass is 268 g/mol. The standard InChI is InChI=1S/C15H22F2N2/c16-15(17)14-6-4-13(5-7-14)12-18-8-3-11-19-9-1-2-10-19/h4-7,15,18H,1-3,8-12H2. The van der Waals surface area contributed by atoms with E-state index in [-0.39, 0.29) is 5.56 Å². The van der Waals surface area contributed by atoms with Crippen LogP contribution in [0.15, 0.2) is 24.3 Å². The van der Waals surface area contributed by atoms with Crippen molar-refractivity contribution in [2.45, 2.75) is 32.2 Å². The van der Waals surface area contributed by atoms with Gasteiger partial charge in [-0.25, -0.2) is 8.78 Å². The quantitative estimate of drug-likeness (QED) is 0.764. The van der Waals surface area contributed by atoms with E-state index in [9.17, 15) is 8.78 Å². The number of halogens is 2. The average Bonchev–Trinajstić information content (AvgIpc) is 2.92. The van der Waals surface area contributed by atoms with Gasteiger partial charge in [0.25, 0.3) is 6.43 Å². The fourth-order valence-corrected chi connectivity index (χ4v) is 2.45. The Hall–Kier alpha value is -1.00. The lowest BCUT2D eigenvalue weighted by molar-refractivity contribution is 0.151. The Bertz CT molecular complexity index is 359. The Morgan fingerprint density at radius 3 is 2.42 bits per heavy atom. The molecule has 0 unspecified atom stereocenters. The molecule has 2 nitrogen and oxygen atoms in total. The highest BCUT2D eigenvalue weighted by Gasteiger charge is 2.10. The third kappa shape index (κ3) is 4.88. The summed E-state index contributed by atoms with van der Waals surface area (Å²) in [6, 6.07) is 6.56. The summed E-state index contributed by atoms with van der Waals surface area (Å²) in [4.78, 5) is 2.50. The number of alkyl halides is 2. The summed E-state index contributed by atoms with van der Waals surface area (Å²) >= 11 is 0. The molecule has 0 bridgehead atoms. The van der Waals surface area contributed by atoms with Crippen LogP contribution in [0.5, 0.6) is 0 Å². The normalized spacial score (nSPS) is 16.4. The predicted octanol–water partition coefficient (Wildman–Crippen LogP) is 3.20. The Kier molecular flexibility index (Phi) is 5.73. The van der Waals surface area contributed by atoms with Gasteiger partial charge in [-0.3, -0.25) is 0 Å². The summed E-state index contributed by atoms with van der Waals surface area (Å²) in [6.45, 7) is 5.39. The first-order chi connectivity index (χ1) is 9.25. The second-order valence-electron chi connectivity index (χ2n) is 5.12. The first kappa shape index (κ1) is 14.4. The lowest BCUT2D eigenvalue weighted by Crippen LogP contribution is -2.24. The maximum Gasteiger partial charge on any atom is 0.263 e. The fraction of sp³-hybridized carbons (Fsp3) is 0.600.